The first-order chi connectivity index (χ1) is 17.7. The molecular weight excluding hydrogens is 476 g/mol. The van der Waals surface area contributed by atoms with Gasteiger partial charge in [0.1, 0.15) is 12.4 Å². The minimum Gasteiger partial charge on any atom is -0.481 e. The standard InChI is InChI=1S/C29H37F2N3O3/c1-18-14-23-22-9-6-5-8-21(22)16-24(23)28(34(18)19(2)15-26(35)36)27-20(3)29(32-17-25(27)31)37-13-12-33(4)11-7-10-30/h5-6,8-9,17-19,28H,7,10-16H2,1-4H3,(H,35,36)/t18-,19?,28+/m1/s1. The minimum atomic E-state index is -0.874. The lowest BCUT2D eigenvalue weighted by Gasteiger charge is -2.46. The number of hydrogen-bond donors (Lipinski definition) is 1. The zero-order valence-corrected chi connectivity index (χ0v) is 22.1. The first kappa shape index (κ1) is 27.2. The normalized spacial score (nSPS) is 20.2. The SMILES string of the molecule is Cc1c(OCCN(C)CCCF)ncc(F)c1[C@@H]1C2=C(C[C@@H](C)N1C(C)CC(=O)O)c1ccccc1C2. The van der Waals surface area contributed by atoms with Crippen LogP contribution in [0.3, 0.4) is 0 Å². The molecule has 8 heteroatoms. The van der Waals surface area contributed by atoms with Crippen molar-refractivity contribution in [3.63, 3.8) is 0 Å². The second-order valence-electron chi connectivity index (χ2n) is 10.3. The average Bonchev–Trinajstić information content (AvgIpc) is 3.21. The Hall–Kier alpha value is -2.84. The third-order valence-corrected chi connectivity index (χ3v) is 7.66. The van der Waals surface area contributed by atoms with Gasteiger partial charge in [-0.3, -0.25) is 14.1 Å². The van der Waals surface area contributed by atoms with Gasteiger partial charge >= 0.3 is 5.97 Å². The fourth-order valence-electron chi connectivity index (χ4n) is 5.96. The van der Waals surface area contributed by atoms with Crippen LogP contribution < -0.4 is 4.74 Å². The van der Waals surface area contributed by atoms with Crippen molar-refractivity contribution >= 4 is 11.5 Å². The molecule has 0 fully saturated rings. The summed E-state index contributed by atoms with van der Waals surface area (Å²) in [4.78, 5) is 20.1. The van der Waals surface area contributed by atoms with E-state index in [-0.39, 0.29) is 25.2 Å². The number of aliphatic carboxylic acids is 1. The smallest absolute Gasteiger partial charge is 0.304 e. The summed E-state index contributed by atoms with van der Waals surface area (Å²) in [5.41, 5.74) is 5.92. The summed E-state index contributed by atoms with van der Waals surface area (Å²) in [5.74, 6) is -0.919. The quantitative estimate of drug-likeness (QED) is 0.445. The Balaban J connectivity index is 1.72. The van der Waals surface area contributed by atoms with Crippen LogP contribution in [0.4, 0.5) is 8.78 Å². The highest BCUT2D eigenvalue weighted by molar-refractivity contribution is 5.79. The lowest BCUT2D eigenvalue weighted by molar-refractivity contribution is -0.138. The molecule has 1 aliphatic carbocycles. The number of benzene rings is 1. The van der Waals surface area contributed by atoms with E-state index in [0.717, 1.165) is 12.0 Å². The van der Waals surface area contributed by atoms with Crippen LogP contribution in [0.2, 0.25) is 0 Å². The maximum absolute atomic E-state index is 15.7. The predicted octanol–water partition coefficient (Wildman–Crippen LogP) is 5.21. The van der Waals surface area contributed by atoms with Gasteiger partial charge < -0.3 is 14.7 Å². The molecule has 0 radical (unpaired) electrons. The summed E-state index contributed by atoms with van der Waals surface area (Å²) in [6, 6.07) is 7.60. The van der Waals surface area contributed by atoms with Gasteiger partial charge in [0.2, 0.25) is 5.88 Å². The maximum atomic E-state index is 15.7. The summed E-state index contributed by atoms with van der Waals surface area (Å²) >= 11 is 0. The van der Waals surface area contributed by atoms with E-state index in [1.165, 1.54) is 22.9 Å². The number of nitrogens with zero attached hydrogens (tertiary/aromatic N) is 3. The van der Waals surface area contributed by atoms with Gasteiger partial charge in [-0.2, -0.15) is 0 Å². The van der Waals surface area contributed by atoms with E-state index in [1.807, 2.05) is 37.9 Å². The Kier molecular flexibility index (Phi) is 8.60. The molecular formula is C29H37F2N3O3. The first-order valence-electron chi connectivity index (χ1n) is 13.0. The van der Waals surface area contributed by atoms with Gasteiger partial charge in [-0.25, -0.2) is 9.37 Å². The number of rotatable bonds is 11. The van der Waals surface area contributed by atoms with Crippen LogP contribution in [0.15, 0.2) is 36.0 Å². The van der Waals surface area contributed by atoms with Crippen LogP contribution in [0, 0.1) is 12.7 Å². The monoisotopic (exact) mass is 513 g/mol. The highest BCUT2D eigenvalue weighted by Crippen LogP contribution is 2.51. The van der Waals surface area contributed by atoms with Gasteiger partial charge in [-0.05, 0) is 69.4 Å². The number of carboxylic acids is 1. The molecule has 2 heterocycles. The molecule has 0 amide bonds. The molecule has 0 saturated carbocycles. The van der Waals surface area contributed by atoms with Gasteiger partial charge in [-0.15, -0.1) is 0 Å². The van der Waals surface area contributed by atoms with E-state index in [0.29, 0.717) is 49.5 Å². The topological polar surface area (TPSA) is 65.9 Å². The minimum absolute atomic E-state index is 0.0183. The first-order valence-corrected chi connectivity index (χ1v) is 13.0. The molecule has 0 spiro atoms. The van der Waals surface area contributed by atoms with Gasteiger partial charge in [0.15, 0.2) is 0 Å². The Morgan fingerprint density at radius 3 is 2.81 bits per heavy atom. The molecule has 2 aliphatic rings. The molecule has 0 bridgehead atoms. The van der Waals surface area contributed by atoms with Gasteiger partial charge in [0.25, 0.3) is 0 Å². The van der Waals surface area contributed by atoms with Gasteiger partial charge in [-0.1, -0.05) is 24.3 Å². The number of halogens is 2. The third kappa shape index (κ3) is 5.70. The summed E-state index contributed by atoms with van der Waals surface area (Å²) in [6.45, 7) is 7.05. The second kappa shape index (κ2) is 11.7. The van der Waals surface area contributed by atoms with Crippen LogP contribution in [0.25, 0.3) is 5.57 Å². The average molecular weight is 514 g/mol. The number of pyridine rings is 1. The van der Waals surface area contributed by atoms with Crippen LogP contribution in [0.5, 0.6) is 5.88 Å². The predicted molar refractivity (Wildman–Crippen MR) is 140 cm³/mol. The van der Waals surface area contributed by atoms with E-state index in [1.54, 1.807) is 0 Å². The molecule has 200 valence electrons. The number of carbonyl (C=O) groups is 1. The Morgan fingerprint density at radius 1 is 1.32 bits per heavy atom. The van der Waals surface area contributed by atoms with Crippen LogP contribution in [0.1, 0.15) is 61.4 Å². The van der Waals surface area contributed by atoms with Gasteiger partial charge in [0.05, 0.1) is 25.3 Å². The van der Waals surface area contributed by atoms with Crippen molar-refractivity contribution in [3.8, 4) is 5.88 Å². The number of ether oxygens (including phenoxy) is 1. The van der Waals surface area contributed by atoms with Crippen molar-refractivity contribution in [1.29, 1.82) is 0 Å². The van der Waals surface area contributed by atoms with Crippen LogP contribution in [-0.2, 0) is 11.2 Å². The Morgan fingerprint density at radius 2 is 2.08 bits per heavy atom. The number of aromatic nitrogens is 1. The molecule has 1 aromatic heterocycles. The summed E-state index contributed by atoms with van der Waals surface area (Å²) in [6.07, 6.45) is 3.14. The fraction of sp³-hybridized carbons (Fsp3) is 0.517. The summed E-state index contributed by atoms with van der Waals surface area (Å²) in [7, 11) is 1.91. The highest BCUT2D eigenvalue weighted by Gasteiger charge is 2.43. The van der Waals surface area contributed by atoms with E-state index >= 15 is 4.39 Å². The summed E-state index contributed by atoms with van der Waals surface area (Å²) in [5, 5.41) is 9.57. The number of likely N-dealkylation sites (N-methyl/N-ethyl adjacent to an activating group) is 1. The molecule has 1 aromatic carbocycles. The lowest BCUT2D eigenvalue weighted by Crippen LogP contribution is -2.47. The molecule has 37 heavy (non-hydrogen) atoms. The molecule has 0 saturated heterocycles. The van der Waals surface area contributed by atoms with E-state index < -0.39 is 17.8 Å². The fourth-order valence-corrected chi connectivity index (χ4v) is 5.96. The Bertz CT molecular complexity index is 1170. The molecule has 4 rings (SSSR count). The number of carboxylic acid groups (broad SMARTS) is 1. The largest absolute Gasteiger partial charge is 0.481 e. The second-order valence-corrected chi connectivity index (χ2v) is 10.3. The molecule has 6 nitrogen and oxygen atoms in total. The van der Waals surface area contributed by atoms with Crippen molar-refractivity contribution < 1.29 is 23.4 Å². The van der Waals surface area contributed by atoms with E-state index in [4.69, 9.17) is 4.74 Å². The van der Waals surface area contributed by atoms with Crippen molar-refractivity contribution in [2.45, 2.75) is 64.6 Å². The van der Waals surface area contributed by atoms with Crippen molar-refractivity contribution in [3.05, 3.63) is 64.1 Å². The van der Waals surface area contributed by atoms with Gasteiger partial charge in [0, 0.05) is 36.3 Å². The van der Waals surface area contributed by atoms with Crippen LogP contribution >= 0.6 is 0 Å². The lowest BCUT2D eigenvalue weighted by atomic mass is 9.82. The molecule has 1 N–H and O–H groups in total. The zero-order valence-electron chi connectivity index (χ0n) is 22.1. The Labute approximate surface area is 217 Å². The number of fused-ring (bicyclic) bond motifs is 2. The zero-order chi connectivity index (χ0) is 26.7. The highest BCUT2D eigenvalue weighted by atomic mass is 19.1. The molecule has 1 aliphatic heterocycles. The third-order valence-electron chi connectivity index (χ3n) is 7.66. The number of hydrogen-bond acceptors (Lipinski definition) is 5. The van der Waals surface area contributed by atoms with E-state index in [2.05, 4.69) is 28.9 Å². The van der Waals surface area contributed by atoms with Crippen molar-refractivity contribution in [1.82, 2.24) is 14.8 Å². The number of alkyl halides is 1. The van der Waals surface area contributed by atoms with Crippen molar-refractivity contribution in [2.24, 2.45) is 0 Å². The summed E-state index contributed by atoms with van der Waals surface area (Å²) < 4.78 is 34.2. The van der Waals surface area contributed by atoms with E-state index in [9.17, 15) is 14.3 Å². The molecule has 1 unspecified atom stereocenters. The molecule has 3 atom stereocenters. The molecule has 2 aromatic rings. The van der Waals surface area contributed by atoms with Crippen LogP contribution in [-0.4, -0.2) is 71.4 Å². The maximum Gasteiger partial charge on any atom is 0.304 e. The van der Waals surface area contributed by atoms with Crippen molar-refractivity contribution in [2.75, 3.05) is 33.4 Å².